The van der Waals surface area contributed by atoms with Crippen molar-refractivity contribution >= 4 is 38.6 Å². The molecule has 0 aliphatic rings. The first-order valence-electron chi connectivity index (χ1n) is 6.07. The smallest absolute Gasteiger partial charge is 0.133 e. The molecule has 2 nitrogen and oxygen atoms in total. The first-order valence-corrected chi connectivity index (χ1v) is 8.50. The molecule has 0 aromatic carbocycles. The van der Waals surface area contributed by atoms with Gasteiger partial charge in [-0.3, -0.25) is 0 Å². The van der Waals surface area contributed by atoms with Crippen molar-refractivity contribution in [1.82, 2.24) is 10.3 Å². The highest BCUT2D eigenvalue weighted by atomic mass is 79.9. The Morgan fingerprint density at radius 2 is 2.11 bits per heavy atom. The van der Waals surface area contributed by atoms with E-state index in [1.165, 1.54) is 15.4 Å². The number of aromatic nitrogens is 1. The Morgan fingerprint density at radius 3 is 2.67 bits per heavy atom. The molecular weight excluding hydrogens is 328 g/mol. The summed E-state index contributed by atoms with van der Waals surface area (Å²) in [6.07, 6.45) is 0.998. The highest BCUT2D eigenvalue weighted by Gasteiger charge is 2.12. The molecule has 0 fully saturated rings. The predicted octanol–water partition coefficient (Wildman–Crippen LogP) is 4.69. The van der Waals surface area contributed by atoms with Crippen LogP contribution >= 0.6 is 38.6 Å². The Balaban J connectivity index is 2.23. The molecule has 98 valence electrons. The zero-order valence-corrected chi connectivity index (χ0v) is 14.0. The third kappa shape index (κ3) is 3.41. The second-order valence-corrected chi connectivity index (χ2v) is 7.93. The lowest BCUT2D eigenvalue weighted by atomic mass is 10.3. The van der Waals surface area contributed by atoms with E-state index in [0.717, 1.165) is 21.8 Å². The van der Waals surface area contributed by atoms with Gasteiger partial charge in [0.15, 0.2) is 0 Å². The number of aryl methyl sites for hydroxylation is 1. The number of nitrogens with zero attached hydrogens (tertiary/aromatic N) is 1. The summed E-state index contributed by atoms with van der Waals surface area (Å²) in [6, 6.07) is 4.72. The lowest BCUT2D eigenvalue weighted by Gasteiger charge is -2.06. The van der Waals surface area contributed by atoms with Crippen molar-refractivity contribution in [3.8, 4) is 9.88 Å². The minimum absolute atomic E-state index is 0.510. The molecule has 0 bridgehead atoms. The summed E-state index contributed by atoms with van der Waals surface area (Å²) in [5.41, 5.74) is 1.23. The zero-order valence-electron chi connectivity index (χ0n) is 10.8. The Labute approximate surface area is 125 Å². The minimum atomic E-state index is 0.510. The van der Waals surface area contributed by atoms with Gasteiger partial charge in [0.05, 0.1) is 14.4 Å². The van der Waals surface area contributed by atoms with Gasteiger partial charge in [-0.1, -0.05) is 20.8 Å². The first-order chi connectivity index (χ1) is 8.60. The maximum Gasteiger partial charge on any atom is 0.133 e. The van der Waals surface area contributed by atoms with Crippen molar-refractivity contribution in [2.24, 2.45) is 0 Å². The molecule has 0 saturated heterocycles. The number of rotatable bonds is 5. The number of thiophene rings is 1. The van der Waals surface area contributed by atoms with E-state index in [2.05, 4.69) is 54.2 Å². The zero-order chi connectivity index (χ0) is 13.1. The van der Waals surface area contributed by atoms with Crippen molar-refractivity contribution in [1.29, 1.82) is 0 Å². The molecule has 0 amide bonds. The van der Waals surface area contributed by atoms with Gasteiger partial charge in [-0.05, 0) is 34.5 Å². The van der Waals surface area contributed by atoms with E-state index in [9.17, 15) is 0 Å². The summed E-state index contributed by atoms with van der Waals surface area (Å²) in [4.78, 5) is 7.37. The summed E-state index contributed by atoms with van der Waals surface area (Å²) < 4.78 is 1.16. The maximum atomic E-state index is 4.76. The monoisotopic (exact) mass is 344 g/mol. The molecule has 0 unspecified atom stereocenters. The molecule has 0 atom stereocenters. The predicted molar refractivity (Wildman–Crippen MR) is 84.5 cm³/mol. The fraction of sp³-hybridized carbons (Fsp3) is 0.462. The summed E-state index contributed by atoms with van der Waals surface area (Å²) >= 11 is 7.06. The van der Waals surface area contributed by atoms with Crippen LogP contribution in [-0.2, 0) is 13.0 Å². The molecule has 0 saturated carbocycles. The molecule has 0 radical (unpaired) electrons. The van der Waals surface area contributed by atoms with Crippen LogP contribution < -0.4 is 5.32 Å². The van der Waals surface area contributed by atoms with E-state index in [1.807, 2.05) is 11.3 Å². The molecule has 0 aliphatic carbocycles. The molecule has 0 aliphatic heterocycles. The van der Waals surface area contributed by atoms with Gasteiger partial charge in [-0.25, -0.2) is 4.98 Å². The summed E-state index contributed by atoms with van der Waals surface area (Å²) in [7, 11) is 0. The molecule has 2 rings (SSSR count). The first kappa shape index (κ1) is 14.2. The van der Waals surface area contributed by atoms with Gasteiger partial charge in [-0.15, -0.1) is 22.7 Å². The van der Waals surface area contributed by atoms with Crippen LogP contribution in [-0.4, -0.2) is 11.0 Å². The van der Waals surface area contributed by atoms with Crippen LogP contribution in [0.15, 0.2) is 15.9 Å². The van der Waals surface area contributed by atoms with Crippen LogP contribution in [0.25, 0.3) is 9.88 Å². The summed E-state index contributed by atoms with van der Waals surface area (Å²) in [6.45, 7) is 7.43. The van der Waals surface area contributed by atoms with E-state index < -0.39 is 0 Å². The van der Waals surface area contributed by atoms with Crippen molar-refractivity contribution in [2.45, 2.75) is 39.8 Å². The fourth-order valence-corrected chi connectivity index (χ4v) is 4.17. The van der Waals surface area contributed by atoms with Crippen molar-refractivity contribution in [2.75, 3.05) is 0 Å². The number of nitrogens with one attached hydrogen (secondary N) is 1. The fourth-order valence-electron chi connectivity index (χ4n) is 1.63. The number of hydrogen-bond acceptors (Lipinski definition) is 4. The molecule has 0 spiro atoms. The second-order valence-electron chi connectivity index (χ2n) is 4.38. The van der Waals surface area contributed by atoms with Crippen LogP contribution in [0.2, 0.25) is 0 Å². The normalized spacial score (nSPS) is 11.4. The lowest BCUT2D eigenvalue weighted by molar-refractivity contribution is 0.590. The van der Waals surface area contributed by atoms with Crippen molar-refractivity contribution < 1.29 is 0 Å². The molecular formula is C13H17BrN2S2. The average molecular weight is 345 g/mol. The molecule has 2 aromatic rings. The van der Waals surface area contributed by atoms with Gasteiger partial charge < -0.3 is 5.32 Å². The topological polar surface area (TPSA) is 24.9 Å². The van der Waals surface area contributed by atoms with Crippen molar-refractivity contribution in [3.63, 3.8) is 0 Å². The highest BCUT2D eigenvalue weighted by molar-refractivity contribution is 9.11. The SMILES string of the molecule is CCc1nc(-c2ccc(Br)s2)sc1CNC(C)C. The molecule has 18 heavy (non-hydrogen) atoms. The van der Waals surface area contributed by atoms with E-state index in [-0.39, 0.29) is 0 Å². The van der Waals surface area contributed by atoms with Gasteiger partial charge in [0.2, 0.25) is 0 Å². The van der Waals surface area contributed by atoms with Gasteiger partial charge in [-0.2, -0.15) is 0 Å². The van der Waals surface area contributed by atoms with E-state index in [1.54, 1.807) is 11.3 Å². The van der Waals surface area contributed by atoms with E-state index in [0.29, 0.717) is 6.04 Å². The quantitative estimate of drug-likeness (QED) is 0.850. The third-order valence-corrected chi connectivity index (χ3v) is 5.46. The average Bonchev–Trinajstić information content (AvgIpc) is 2.92. The van der Waals surface area contributed by atoms with Gasteiger partial charge in [0.1, 0.15) is 5.01 Å². The molecule has 2 aromatic heterocycles. The Hall–Kier alpha value is -0.230. The number of halogens is 1. The van der Waals surface area contributed by atoms with Crippen molar-refractivity contribution in [3.05, 3.63) is 26.5 Å². The van der Waals surface area contributed by atoms with E-state index in [4.69, 9.17) is 4.98 Å². The number of thiazole rings is 1. The van der Waals surface area contributed by atoms with Gasteiger partial charge >= 0.3 is 0 Å². The Kier molecular flexibility index (Phi) is 4.95. The lowest BCUT2D eigenvalue weighted by Crippen LogP contribution is -2.21. The van der Waals surface area contributed by atoms with Gasteiger partial charge in [0, 0.05) is 17.5 Å². The summed E-state index contributed by atoms with van der Waals surface area (Å²) in [5, 5.41) is 4.61. The highest BCUT2D eigenvalue weighted by Crippen LogP contribution is 2.35. The van der Waals surface area contributed by atoms with Crippen LogP contribution in [0.5, 0.6) is 0 Å². The van der Waals surface area contributed by atoms with Crippen LogP contribution in [0.3, 0.4) is 0 Å². The van der Waals surface area contributed by atoms with E-state index >= 15 is 0 Å². The minimum Gasteiger partial charge on any atom is -0.310 e. The second kappa shape index (κ2) is 6.28. The molecule has 2 heterocycles. The summed E-state index contributed by atoms with van der Waals surface area (Å²) in [5.74, 6) is 0. The maximum absolute atomic E-state index is 4.76. The van der Waals surface area contributed by atoms with Crippen LogP contribution in [0, 0.1) is 0 Å². The standard InChI is InChI=1S/C13H17BrN2S2/c1-4-9-11(7-15-8(2)3)18-13(16-9)10-5-6-12(14)17-10/h5-6,8,15H,4,7H2,1-3H3. The number of hydrogen-bond donors (Lipinski definition) is 1. The van der Waals surface area contributed by atoms with Crippen LogP contribution in [0.4, 0.5) is 0 Å². The Morgan fingerprint density at radius 1 is 1.33 bits per heavy atom. The largest absolute Gasteiger partial charge is 0.310 e. The third-order valence-electron chi connectivity index (χ3n) is 2.57. The van der Waals surface area contributed by atoms with Gasteiger partial charge in [0.25, 0.3) is 0 Å². The molecule has 1 N–H and O–H groups in total. The van der Waals surface area contributed by atoms with Crippen LogP contribution in [0.1, 0.15) is 31.3 Å². The Bertz CT molecular complexity index is 517. The molecule has 5 heteroatoms.